The van der Waals surface area contributed by atoms with Crippen LogP contribution in [0.5, 0.6) is 0 Å². The summed E-state index contributed by atoms with van der Waals surface area (Å²) in [6.45, 7) is 2.10. The third-order valence-electron chi connectivity index (χ3n) is 3.87. The minimum Gasteiger partial charge on any atom is -0.352 e. The average Bonchev–Trinajstić information content (AvgIpc) is 2.90. The van der Waals surface area contributed by atoms with Crippen molar-refractivity contribution in [1.82, 2.24) is 19.9 Å². The van der Waals surface area contributed by atoms with Crippen LogP contribution in [0, 0.1) is 0 Å². The highest BCUT2D eigenvalue weighted by molar-refractivity contribution is 9.10. The molecule has 6 heteroatoms. The van der Waals surface area contributed by atoms with Gasteiger partial charge < -0.3 is 10.2 Å². The standard InChI is InChI=1S/C12H14BrN5/c13-8-3-11-12(14-7-15-18(11)4-8)17-5-9-1-2-10(6-17)16-9/h3-4,7,9-10,16H,1-2,5-6H2. The summed E-state index contributed by atoms with van der Waals surface area (Å²) in [6, 6.07) is 3.33. The maximum Gasteiger partial charge on any atom is 0.156 e. The Morgan fingerprint density at radius 2 is 2.06 bits per heavy atom. The Balaban J connectivity index is 1.77. The van der Waals surface area contributed by atoms with Gasteiger partial charge in [0, 0.05) is 35.8 Å². The first-order chi connectivity index (χ1) is 8.79. The highest BCUT2D eigenvalue weighted by Crippen LogP contribution is 2.28. The zero-order chi connectivity index (χ0) is 12.1. The third kappa shape index (κ3) is 1.63. The molecule has 2 aromatic rings. The van der Waals surface area contributed by atoms with Gasteiger partial charge in [-0.05, 0) is 34.8 Å². The fourth-order valence-corrected chi connectivity index (χ4v) is 3.51. The molecule has 5 nitrogen and oxygen atoms in total. The molecule has 2 bridgehead atoms. The zero-order valence-corrected chi connectivity index (χ0v) is 11.5. The topological polar surface area (TPSA) is 45.5 Å². The van der Waals surface area contributed by atoms with Crippen molar-refractivity contribution < 1.29 is 0 Å². The van der Waals surface area contributed by atoms with Gasteiger partial charge >= 0.3 is 0 Å². The summed E-state index contributed by atoms with van der Waals surface area (Å²) in [5.74, 6) is 1.05. The normalized spacial score (nSPS) is 27.1. The Morgan fingerprint density at radius 1 is 1.28 bits per heavy atom. The molecular weight excluding hydrogens is 294 g/mol. The quantitative estimate of drug-likeness (QED) is 0.866. The Morgan fingerprint density at radius 3 is 2.83 bits per heavy atom. The van der Waals surface area contributed by atoms with E-state index >= 15 is 0 Å². The van der Waals surface area contributed by atoms with E-state index in [2.05, 4.69) is 42.3 Å². The van der Waals surface area contributed by atoms with Crippen LogP contribution in [-0.4, -0.2) is 39.8 Å². The van der Waals surface area contributed by atoms with E-state index in [0.29, 0.717) is 12.1 Å². The summed E-state index contributed by atoms with van der Waals surface area (Å²) < 4.78 is 2.93. The van der Waals surface area contributed by atoms with E-state index in [1.54, 1.807) is 6.33 Å². The molecule has 1 N–H and O–H groups in total. The number of halogens is 1. The molecule has 18 heavy (non-hydrogen) atoms. The lowest BCUT2D eigenvalue weighted by molar-refractivity contribution is 0.463. The smallest absolute Gasteiger partial charge is 0.156 e. The van der Waals surface area contributed by atoms with E-state index in [1.807, 2.05) is 10.7 Å². The molecule has 2 aliphatic heterocycles. The average molecular weight is 308 g/mol. The second-order valence-corrected chi connectivity index (χ2v) is 6.03. The van der Waals surface area contributed by atoms with Crippen molar-refractivity contribution in [3.63, 3.8) is 0 Å². The molecule has 2 saturated heterocycles. The van der Waals surface area contributed by atoms with Crippen LogP contribution in [0.25, 0.3) is 5.52 Å². The van der Waals surface area contributed by atoms with Gasteiger partial charge in [0.15, 0.2) is 5.82 Å². The second-order valence-electron chi connectivity index (χ2n) is 5.11. The fourth-order valence-electron chi connectivity index (χ4n) is 3.10. The van der Waals surface area contributed by atoms with Crippen molar-refractivity contribution in [2.24, 2.45) is 0 Å². The summed E-state index contributed by atoms with van der Waals surface area (Å²) in [5, 5.41) is 7.89. The van der Waals surface area contributed by atoms with E-state index in [4.69, 9.17) is 0 Å². The lowest BCUT2D eigenvalue weighted by Gasteiger charge is -2.33. The minimum absolute atomic E-state index is 0.622. The van der Waals surface area contributed by atoms with Gasteiger partial charge in [0.05, 0.1) is 0 Å². The van der Waals surface area contributed by atoms with Crippen molar-refractivity contribution >= 4 is 27.3 Å². The molecule has 0 radical (unpaired) electrons. The molecular formula is C12H14BrN5. The SMILES string of the molecule is Brc1cc2c(N3CC4CCC(C3)N4)ncnn2c1. The first-order valence-electron chi connectivity index (χ1n) is 6.29. The lowest BCUT2D eigenvalue weighted by atomic mass is 10.2. The molecule has 4 rings (SSSR count). The van der Waals surface area contributed by atoms with E-state index in [0.717, 1.165) is 28.9 Å². The van der Waals surface area contributed by atoms with Gasteiger partial charge in [-0.2, -0.15) is 5.10 Å². The fraction of sp³-hybridized carbons (Fsp3) is 0.500. The number of nitrogens with zero attached hydrogens (tertiary/aromatic N) is 4. The van der Waals surface area contributed by atoms with Crippen LogP contribution in [0.15, 0.2) is 23.1 Å². The molecule has 2 aromatic heterocycles. The van der Waals surface area contributed by atoms with Crippen LogP contribution in [0.3, 0.4) is 0 Å². The zero-order valence-electron chi connectivity index (χ0n) is 9.88. The highest BCUT2D eigenvalue weighted by Gasteiger charge is 2.33. The van der Waals surface area contributed by atoms with Crippen molar-refractivity contribution in [3.05, 3.63) is 23.1 Å². The Labute approximate surface area is 113 Å². The molecule has 94 valence electrons. The van der Waals surface area contributed by atoms with E-state index in [9.17, 15) is 0 Å². The van der Waals surface area contributed by atoms with Gasteiger partial charge in [-0.25, -0.2) is 9.50 Å². The predicted octanol–water partition coefficient (Wildman–Crippen LogP) is 1.43. The van der Waals surface area contributed by atoms with Crippen LogP contribution >= 0.6 is 15.9 Å². The molecule has 0 aliphatic carbocycles. The van der Waals surface area contributed by atoms with Gasteiger partial charge in [0.2, 0.25) is 0 Å². The number of hydrogen-bond donors (Lipinski definition) is 1. The number of anilines is 1. The van der Waals surface area contributed by atoms with Crippen molar-refractivity contribution in [2.45, 2.75) is 24.9 Å². The van der Waals surface area contributed by atoms with E-state index in [1.165, 1.54) is 12.8 Å². The predicted molar refractivity (Wildman–Crippen MR) is 72.8 cm³/mol. The Hall–Kier alpha value is -1.14. The number of piperazine rings is 1. The number of nitrogens with one attached hydrogen (secondary N) is 1. The molecule has 4 heterocycles. The van der Waals surface area contributed by atoms with Crippen LogP contribution in [-0.2, 0) is 0 Å². The lowest BCUT2D eigenvalue weighted by Crippen LogP contribution is -2.51. The van der Waals surface area contributed by atoms with Crippen molar-refractivity contribution in [3.8, 4) is 0 Å². The van der Waals surface area contributed by atoms with Gasteiger partial charge in [-0.1, -0.05) is 0 Å². The second kappa shape index (κ2) is 3.93. The van der Waals surface area contributed by atoms with Crippen molar-refractivity contribution in [1.29, 1.82) is 0 Å². The van der Waals surface area contributed by atoms with Crippen LogP contribution < -0.4 is 10.2 Å². The summed E-state index contributed by atoms with van der Waals surface area (Å²) >= 11 is 3.50. The monoisotopic (exact) mass is 307 g/mol. The van der Waals surface area contributed by atoms with E-state index < -0.39 is 0 Å². The minimum atomic E-state index is 0.622. The Bertz CT molecular complexity index is 583. The molecule has 0 spiro atoms. The Kier molecular flexibility index (Phi) is 2.35. The number of fused-ring (bicyclic) bond motifs is 3. The largest absolute Gasteiger partial charge is 0.352 e. The number of hydrogen-bond acceptors (Lipinski definition) is 4. The third-order valence-corrected chi connectivity index (χ3v) is 4.30. The highest BCUT2D eigenvalue weighted by atomic mass is 79.9. The molecule has 0 aromatic carbocycles. The molecule has 2 unspecified atom stereocenters. The van der Waals surface area contributed by atoms with Crippen LogP contribution in [0.1, 0.15) is 12.8 Å². The maximum absolute atomic E-state index is 4.49. The maximum atomic E-state index is 4.49. The summed E-state index contributed by atoms with van der Waals surface area (Å²) in [4.78, 5) is 6.88. The first-order valence-corrected chi connectivity index (χ1v) is 7.09. The summed E-state index contributed by atoms with van der Waals surface area (Å²) in [7, 11) is 0. The van der Waals surface area contributed by atoms with Crippen molar-refractivity contribution in [2.75, 3.05) is 18.0 Å². The molecule has 2 atom stereocenters. The van der Waals surface area contributed by atoms with E-state index in [-0.39, 0.29) is 0 Å². The summed E-state index contributed by atoms with van der Waals surface area (Å²) in [5.41, 5.74) is 1.07. The van der Waals surface area contributed by atoms with Gasteiger partial charge in [0.1, 0.15) is 11.8 Å². The van der Waals surface area contributed by atoms with Gasteiger partial charge in [0.25, 0.3) is 0 Å². The van der Waals surface area contributed by atoms with Gasteiger partial charge in [-0.15, -0.1) is 0 Å². The molecule has 0 saturated carbocycles. The first kappa shape index (κ1) is 10.8. The van der Waals surface area contributed by atoms with Gasteiger partial charge in [-0.3, -0.25) is 0 Å². The molecule has 2 fully saturated rings. The summed E-state index contributed by atoms with van der Waals surface area (Å²) in [6.07, 6.45) is 6.18. The molecule has 0 amide bonds. The number of aromatic nitrogens is 3. The number of rotatable bonds is 1. The van der Waals surface area contributed by atoms with Crippen LogP contribution in [0.2, 0.25) is 0 Å². The van der Waals surface area contributed by atoms with Crippen LogP contribution in [0.4, 0.5) is 5.82 Å². The molecule has 2 aliphatic rings.